The first kappa shape index (κ1) is 16.5. The number of rotatable bonds is 4. The van der Waals surface area contributed by atoms with Crippen LogP contribution in [0.3, 0.4) is 0 Å². The van der Waals surface area contributed by atoms with E-state index in [1.165, 1.54) is 0 Å². The maximum Gasteiger partial charge on any atom is 0.253 e. The van der Waals surface area contributed by atoms with Gasteiger partial charge in [0.2, 0.25) is 5.89 Å². The van der Waals surface area contributed by atoms with Crippen molar-refractivity contribution in [2.45, 2.75) is 25.7 Å². The number of aromatic nitrogens is 2. The Labute approximate surface area is 152 Å². The zero-order valence-corrected chi connectivity index (χ0v) is 14.9. The van der Waals surface area contributed by atoms with E-state index in [0.29, 0.717) is 24.5 Å². The predicted octanol–water partition coefficient (Wildman–Crippen LogP) is 4.10. The van der Waals surface area contributed by atoms with Gasteiger partial charge in [-0.1, -0.05) is 61.5 Å². The molecular formula is C21H21N3O2. The lowest BCUT2D eigenvalue weighted by Gasteiger charge is -2.37. The molecule has 5 heteroatoms. The Morgan fingerprint density at radius 3 is 2.31 bits per heavy atom. The van der Waals surface area contributed by atoms with Gasteiger partial charge in [-0.15, -0.1) is 0 Å². The number of benzene rings is 2. The van der Waals surface area contributed by atoms with E-state index in [1.54, 1.807) is 0 Å². The quantitative estimate of drug-likeness (QED) is 0.713. The largest absolute Gasteiger partial charge is 0.339 e. The summed E-state index contributed by atoms with van der Waals surface area (Å²) in [6.45, 7) is 5.31. The van der Waals surface area contributed by atoms with Crippen molar-refractivity contribution < 1.29 is 9.32 Å². The molecule has 4 rings (SSSR count). The third-order valence-corrected chi connectivity index (χ3v) is 4.73. The molecule has 2 heterocycles. The van der Waals surface area contributed by atoms with Gasteiger partial charge in [-0.3, -0.25) is 4.79 Å². The summed E-state index contributed by atoms with van der Waals surface area (Å²) >= 11 is 0. The summed E-state index contributed by atoms with van der Waals surface area (Å²) in [6, 6.07) is 17.9. The lowest BCUT2D eigenvalue weighted by molar-refractivity contribution is 0.0569. The Morgan fingerprint density at radius 1 is 1.04 bits per heavy atom. The van der Waals surface area contributed by atoms with Gasteiger partial charge in [-0.25, -0.2) is 0 Å². The molecule has 0 N–H and O–H groups in total. The van der Waals surface area contributed by atoms with Gasteiger partial charge in [-0.2, -0.15) is 4.98 Å². The normalized spacial score (nSPS) is 14.5. The van der Waals surface area contributed by atoms with E-state index in [9.17, 15) is 4.79 Å². The summed E-state index contributed by atoms with van der Waals surface area (Å²) in [4.78, 5) is 18.9. The monoisotopic (exact) mass is 347 g/mol. The third kappa shape index (κ3) is 3.12. The Hall–Kier alpha value is -2.95. The van der Waals surface area contributed by atoms with Gasteiger partial charge in [0, 0.05) is 24.6 Å². The Bertz CT molecular complexity index is 895. The fraction of sp³-hybridized carbons (Fsp3) is 0.286. The number of hydrogen-bond donors (Lipinski definition) is 0. The zero-order chi connectivity index (χ0) is 18.1. The van der Waals surface area contributed by atoms with E-state index in [2.05, 4.69) is 22.3 Å². The standard InChI is InChI=1S/C21H21N3O2/c1-14(2)19-22-20(26-23-19)18-12-24(13-18)21(25)17-10-8-16(9-11-17)15-6-4-3-5-7-15/h3-11,14,18H,12-13H2,1-2H3. The SMILES string of the molecule is CC(C)c1noc(C2CN(C(=O)c3ccc(-c4ccccc4)cc3)C2)n1. The first-order valence-corrected chi connectivity index (χ1v) is 8.90. The summed E-state index contributed by atoms with van der Waals surface area (Å²) in [7, 11) is 0. The van der Waals surface area contributed by atoms with E-state index < -0.39 is 0 Å². The minimum Gasteiger partial charge on any atom is -0.339 e. The van der Waals surface area contributed by atoms with Crippen LogP contribution < -0.4 is 0 Å². The van der Waals surface area contributed by atoms with Gasteiger partial charge in [-0.05, 0) is 23.3 Å². The van der Waals surface area contributed by atoms with Crippen molar-refractivity contribution in [3.63, 3.8) is 0 Å². The number of hydrogen-bond acceptors (Lipinski definition) is 4. The number of likely N-dealkylation sites (tertiary alicyclic amines) is 1. The number of nitrogens with zero attached hydrogens (tertiary/aromatic N) is 3. The second-order valence-corrected chi connectivity index (χ2v) is 7.00. The molecule has 1 aliphatic heterocycles. The van der Waals surface area contributed by atoms with Crippen molar-refractivity contribution in [2.75, 3.05) is 13.1 Å². The maximum atomic E-state index is 12.6. The van der Waals surface area contributed by atoms with Crippen LogP contribution in [0.25, 0.3) is 11.1 Å². The zero-order valence-electron chi connectivity index (χ0n) is 14.9. The minimum absolute atomic E-state index is 0.0458. The van der Waals surface area contributed by atoms with Crippen molar-refractivity contribution in [1.82, 2.24) is 15.0 Å². The van der Waals surface area contributed by atoms with Crippen LogP contribution in [0.5, 0.6) is 0 Å². The summed E-state index contributed by atoms with van der Waals surface area (Å²) < 4.78 is 5.33. The van der Waals surface area contributed by atoms with Crippen LogP contribution in [0.15, 0.2) is 59.1 Å². The molecule has 0 aliphatic carbocycles. The first-order valence-electron chi connectivity index (χ1n) is 8.90. The van der Waals surface area contributed by atoms with Crippen LogP contribution in [0, 0.1) is 0 Å². The van der Waals surface area contributed by atoms with Gasteiger partial charge in [0.25, 0.3) is 5.91 Å². The molecule has 0 spiro atoms. The highest BCUT2D eigenvalue weighted by Gasteiger charge is 2.36. The molecule has 1 saturated heterocycles. The minimum atomic E-state index is 0.0458. The summed E-state index contributed by atoms with van der Waals surface area (Å²) in [5.41, 5.74) is 2.96. The smallest absolute Gasteiger partial charge is 0.253 e. The third-order valence-electron chi connectivity index (χ3n) is 4.73. The van der Waals surface area contributed by atoms with E-state index in [0.717, 1.165) is 17.0 Å². The van der Waals surface area contributed by atoms with Crippen LogP contribution in [-0.4, -0.2) is 34.0 Å². The number of carbonyl (C=O) groups excluding carboxylic acids is 1. The van der Waals surface area contributed by atoms with Crippen LogP contribution in [0.2, 0.25) is 0 Å². The molecule has 26 heavy (non-hydrogen) atoms. The molecule has 0 atom stereocenters. The predicted molar refractivity (Wildman–Crippen MR) is 98.9 cm³/mol. The van der Waals surface area contributed by atoms with E-state index in [4.69, 9.17) is 4.52 Å². The van der Waals surface area contributed by atoms with Crippen molar-refractivity contribution >= 4 is 5.91 Å². The number of amides is 1. The van der Waals surface area contributed by atoms with Gasteiger partial charge in [0.05, 0.1) is 5.92 Å². The summed E-state index contributed by atoms with van der Waals surface area (Å²) in [6.07, 6.45) is 0. The van der Waals surface area contributed by atoms with Gasteiger partial charge >= 0.3 is 0 Å². The summed E-state index contributed by atoms with van der Waals surface area (Å²) in [5.74, 6) is 1.79. The molecule has 132 valence electrons. The van der Waals surface area contributed by atoms with Gasteiger partial charge < -0.3 is 9.42 Å². The highest BCUT2D eigenvalue weighted by molar-refractivity contribution is 5.95. The molecule has 0 saturated carbocycles. The van der Waals surface area contributed by atoms with E-state index >= 15 is 0 Å². The molecule has 1 aliphatic rings. The second-order valence-electron chi connectivity index (χ2n) is 7.00. The van der Waals surface area contributed by atoms with Gasteiger partial charge in [0.1, 0.15) is 0 Å². The average molecular weight is 347 g/mol. The fourth-order valence-corrected chi connectivity index (χ4v) is 3.07. The molecule has 5 nitrogen and oxygen atoms in total. The average Bonchev–Trinajstić information content (AvgIpc) is 3.11. The highest BCUT2D eigenvalue weighted by atomic mass is 16.5. The van der Waals surface area contributed by atoms with Crippen molar-refractivity contribution in [3.05, 3.63) is 71.9 Å². The first-order chi connectivity index (χ1) is 12.6. The van der Waals surface area contributed by atoms with Crippen LogP contribution in [-0.2, 0) is 0 Å². The van der Waals surface area contributed by atoms with Crippen LogP contribution in [0.4, 0.5) is 0 Å². The Kier molecular flexibility index (Phi) is 4.29. The van der Waals surface area contributed by atoms with E-state index in [1.807, 2.05) is 61.2 Å². The molecule has 0 radical (unpaired) electrons. The molecule has 1 fully saturated rings. The summed E-state index contributed by atoms with van der Waals surface area (Å²) in [5, 5.41) is 4.00. The molecule has 0 bridgehead atoms. The molecule has 1 aromatic heterocycles. The Balaban J connectivity index is 1.40. The maximum absolute atomic E-state index is 12.6. The van der Waals surface area contributed by atoms with Crippen LogP contribution >= 0.6 is 0 Å². The molecule has 0 unspecified atom stereocenters. The molecular weight excluding hydrogens is 326 g/mol. The Morgan fingerprint density at radius 2 is 1.69 bits per heavy atom. The fourth-order valence-electron chi connectivity index (χ4n) is 3.07. The van der Waals surface area contributed by atoms with Crippen molar-refractivity contribution in [2.24, 2.45) is 0 Å². The lowest BCUT2D eigenvalue weighted by atomic mass is 9.98. The lowest BCUT2D eigenvalue weighted by Crippen LogP contribution is -2.48. The van der Waals surface area contributed by atoms with E-state index in [-0.39, 0.29) is 17.7 Å². The number of carbonyl (C=O) groups is 1. The van der Waals surface area contributed by atoms with Gasteiger partial charge in [0.15, 0.2) is 5.82 Å². The van der Waals surface area contributed by atoms with Crippen molar-refractivity contribution in [3.8, 4) is 11.1 Å². The molecule has 3 aromatic rings. The van der Waals surface area contributed by atoms with Crippen LogP contribution in [0.1, 0.15) is 47.8 Å². The van der Waals surface area contributed by atoms with Crippen molar-refractivity contribution in [1.29, 1.82) is 0 Å². The molecule has 1 amide bonds. The highest BCUT2D eigenvalue weighted by Crippen LogP contribution is 2.28. The molecule has 2 aromatic carbocycles. The topological polar surface area (TPSA) is 59.2 Å². The second kappa shape index (κ2) is 6.75.